The molecular weight excluding hydrogens is 394 g/mol. The van der Waals surface area contributed by atoms with Crippen molar-refractivity contribution in [2.24, 2.45) is 0 Å². The lowest BCUT2D eigenvalue weighted by Crippen LogP contribution is -2.09. The van der Waals surface area contributed by atoms with Gasteiger partial charge >= 0.3 is 0 Å². The van der Waals surface area contributed by atoms with Crippen LogP contribution < -0.4 is 10.1 Å². The first-order chi connectivity index (χ1) is 15.2. The smallest absolute Gasteiger partial charge is 0.248 e. The van der Waals surface area contributed by atoms with Crippen LogP contribution in [-0.2, 0) is 4.79 Å². The molecule has 1 aromatic carbocycles. The van der Waals surface area contributed by atoms with E-state index in [-0.39, 0.29) is 17.6 Å². The topological polar surface area (TPSA) is 119 Å². The van der Waals surface area contributed by atoms with Crippen molar-refractivity contribution in [3.8, 4) is 22.9 Å². The summed E-state index contributed by atoms with van der Waals surface area (Å²) in [6.07, 6.45) is 9.08. The maximum Gasteiger partial charge on any atom is 0.248 e. The van der Waals surface area contributed by atoms with E-state index >= 15 is 0 Å². The number of fused-ring (bicyclic) bond motifs is 2. The summed E-state index contributed by atoms with van der Waals surface area (Å²) in [4.78, 5) is 36.1. The number of benzene rings is 1. The molecule has 5 rings (SSSR count). The summed E-state index contributed by atoms with van der Waals surface area (Å²) in [6, 6.07) is 9.93. The van der Waals surface area contributed by atoms with E-state index in [1.807, 2.05) is 30.5 Å². The highest BCUT2D eigenvalue weighted by Gasteiger charge is 2.12. The molecule has 0 radical (unpaired) electrons. The zero-order valence-corrected chi connectivity index (χ0v) is 16.1. The van der Waals surface area contributed by atoms with Crippen LogP contribution in [-0.4, -0.2) is 35.8 Å². The van der Waals surface area contributed by atoms with Gasteiger partial charge in [0.2, 0.25) is 17.7 Å². The van der Waals surface area contributed by atoms with Crippen LogP contribution in [0.4, 0.5) is 5.82 Å². The number of aromatic nitrogens is 6. The normalized spacial score (nSPS) is 10.8. The number of carbonyl (C=O) groups excluding carboxylic acids is 1. The molecular formula is C22H15N7O2. The van der Waals surface area contributed by atoms with Gasteiger partial charge in [-0.25, -0.2) is 9.97 Å². The molecule has 4 aromatic heterocycles. The Kier molecular flexibility index (Phi) is 4.53. The molecule has 0 aliphatic heterocycles. The van der Waals surface area contributed by atoms with E-state index in [9.17, 15) is 4.79 Å². The van der Waals surface area contributed by atoms with Crippen molar-refractivity contribution in [3.63, 3.8) is 0 Å². The Bertz CT molecular complexity index is 1440. The van der Waals surface area contributed by atoms with Crippen LogP contribution in [0.3, 0.4) is 0 Å². The number of rotatable bonds is 5. The molecule has 1 amide bonds. The molecule has 0 bridgehead atoms. The van der Waals surface area contributed by atoms with E-state index in [1.54, 1.807) is 6.20 Å². The summed E-state index contributed by atoms with van der Waals surface area (Å²) < 4.78 is 5.72. The molecule has 2 N–H and O–H groups in total. The maximum absolute atomic E-state index is 11.5. The van der Waals surface area contributed by atoms with Crippen molar-refractivity contribution < 1.29 is 9.53 Å². The number of hydrogen-bond acceptors (Lipinski definition) is 7. The molecule has 31 heavy (non-hydrogen) atoms. The van der Waals surface area contributed by atoms with Gasteiger partial charge in [-0.05, 0) is 29.8 Å². The zero-order valence-electron chi connectivity index (χ0n) is 16.1. The number of aromatic amines is 1. The van der Waals surface area contributed by atoms with Crippen LogP contribution in [0.5, 0.6) is 11.8 Å². The average Bonchev–Trinajstić information content (AvgIpc) is 3.22. The van der Waals surface area contributed by atoms with Gasteiger partial charge in [0.15, 0.2) is 11.5 Å². The Hall–Kier alpha value is -4.66. The van der Waals surface area contributed by atoms with E-state index in [0.717, 1.165) is 28.1 Å². The Morgan fingerprint density at radius 1 is 1.10 bits per heavy atom. The predicted molar refractivity (Wildman–Crippen MR) is 116 cm³/mol. The van der Waals surface area contributed by atoms with Gasteiger partial charge in [0.05, 0.1) is 24.1 Å². The van der Waals surface area contributed by atoms with Crippen molar-refractivity contribution in [2.75, 3.05) is 5.32 Å². The van der Waals surface area contributed by atoms with Gasteiger partial charge in [0, 0.05) is 23.3 Å². The second-order valence-electron chi connectivity index (χ2n) is 6.56. The Balaban J connectivity index is 1.48. The monoisotopic (exact) mass is 409 g/mol. The van der Waals surface area contributed by atoms with Gasteiger partial charge < -0.3 is 15.0 Å². The molecule has 0 unspecified atom stereocenters. The number of amides is 1. The molecule has 9 heteroatoms. The quantitative estimate of drug-likeness (QED) is 0.423. The number of H-pyrrole nitrogens is 1. The number of pyridine rings is 1. The summed E-state index contributed by atoms with van der Waals surface area (Å²) in [5.41, 5.74) is 4.07. The minimum absolute atomic E-state index is 0.171. The highest BCUT2D eigenvalue weighted by Crippen LogP contribution is 2.30. The number of nitrogens with zero attached hydrogens (tertiary/aromatic N) is 5. The van der Waals surface area contributed by atoms with Crippen LogP contribution in [0.2, 0.25) is 0 Å². The molecule has 0 aliphatic carbocycles. The standard InChI is InChI=1S/C22H15N7O2/c1-2-18(30)27-17-10-23-11-19(28-17)31-20-12-26-22-21(29-20)15(9-25-22)13-5-6-16-14(8-13)4-3-7-24-16/h2-12H,1H2,(H,25,26)(H,27,28,30). The summed E-state index contributed by atoms with van der Waals surface area (Å²) in [6.45, 7) is 3.40. The third kappa shape index (κ3) is 3.67. The largest absolute Gasteiger partial charge is 0.417 e. The summed E-state index contributed by atoms with van der Waals surface area (Å²) >= 11 is 0. The lowest BCUT2D eigenvalue weighted by atomic mass is 10.1. The Morgan fingerprint density at radius 3 is 2.90 bits per heavy atom. The fourth-order valence-corrected chi connectivity index (χ4v) is 3.13. The van der Waals surface area contributed by atoms with E-state index in [1.165, 1.54) is 18.6 Å². The Morgan fingerprint density at radius 2 is 2.00 bits per heavy atom. The first-order valence-electron chi connectivity index (χ1n) is 9.32. The molecule has 0 aliphatic rings. The number of ether oxygens (including phenoxy) is 1. The highest BCUT2D eigenvalue weighted by atomic mass is 16.5. The van der Waals surface area contributed by atoms with Gasteiger partial charge in [-0.1, -0.05) is 18.7 Å². The van der Waals surface area contributed by atoms with Crippen molar-refractivity contribution in [1.29, 1.82) is 0 Å². The van der Waals surface area contributed by atoms with Crippen LogP contribution in [0.1, 0.15) is 0 Å². The molecule has 0 saturated heterocycles. The summed E-state index contributed by atoms with van der Waals surface area (Å²) in [5.74, 6) is 0.264. The molecule has 0 atom stereocenters. The molecule has 0 fully saturated rings. The fourth-order valence-electron chi connectivity index (χ4n) is 3.13. The molecule has 0 saturated carbocycles. The first-order valence-corrected chi connectivity index (χ1v) is 9.32. The second-order valence-corrected chi connectivity index (χ2v) is 6.56. The maximum atomic E-state index is 11.5. The molecule has 150 valence electrons. The van der Waals surface area contributed by atoms with E-state index in [2.05, 4.69) is 47.9 Å². The Labute approximate surface area is 175 Å². The van der Waals surface area contributed by atoms with Crippen molar-refractivity contribution in [1.82, 2.24) is 29.9 Å². The molecule has 4 heterocycles. The van der Waals surface area contributed by atoms with Crippen LogP contribution >= 0.6 is 0 Å². The van der Waals surface area contributed by atoms with E-state index in [0.29, 0.717) is 11.2 Å². The van der Waals surface area contributed by atoms with E-state index in [4.69, 9.17) is 4.74 Å². The van der Waals surface area contributed by atoms with Crippen molar-refractivity contribution in [3.05, 3.63) is 74.0 Å². The lowest BCUT2D eigenvalue weighted by Gasteiger charge is -2.06. The number of anilines is 1. The van der Waals surface area contributed by atoms with Gasteiger partial charge in [-0.2, -0.15) is 4.98 Å². The number of hydrogen-bond donors (Lipinski definition) is 2. The summed E-state index contributed by atoms with van der Waals surface area (Å²) in [5, 5.41) is 3.56. The lowest BCUT2D eigenvalue weighted by molar-refractivity contribution is -0.111. The second kappa shape index (κ2) is 7.64. The average molecular weight is 409 g/mol. The SMILES string of the molecule is C=CC(=O)Nc1cncc(Oc2cnc3[nH]cc(-c4ccc5ncccc5c4)c3n2)n1. The summed E-state index contributed by atoms with van der Waals surface area (Å²) in [7, 11) is 0. The molecule has 5 aromatic rings. The van der Waals surface area contributed by atoms with Crippen molar-refractivity contribution >= 4 is 33.8 Å². The number of carbonyl (C=O) groups is 1. The van der Waals surface area contributed by atoms with E-state index < -0.39 is 5.91 Å². The van der Waals surface area contributed by atoms with Gasteiger partial charge in [-0.3, -0.25) is 14.8 Å². The fraction of sp³-hybridized carbons (Fsp3) is 0. The molecule has 9 nitrogen and oxygen atoms in total. The zero-order chi connectivity index (χ0) is 21.2. The van der Waals surface area contributed by atoms with Gasteiger partial charge in [-0.15, -0.1) is 0 Å². The highest BCUT2D eigenvalue weighted by molar-refractivity contribution is 5.98. The first kappa shape index (κ1) is 18.4. The minimum atomic E-state index is -0.393. The minimum Gasteiger partial charge on any atom is -0.417 e. The van der Waals surface area contributed by atoms with Crippen LogP contribution in [0.15, 0.2) is 74.0 Å². The predicted octanol–water partition coefficient (Wildman–Crippen LogP) is 3.88. The molecule has 0 spiro atoms. The van der Waals surface area contributed by atoms with Crippen LogP contribution in [0, 0.1) is 0 Å². The van der Waals surface area contributed by atoms with Crippen LogP contribution in [0.25, 0.3) is 33.2 Å². The van der Waals surface area contributed by atoms with Crippen molar-refractivity contribution in [2.45, 2.75) is 0 Å². The number of nitrogens with one attached hydrogen (secondary N) is 2. The third-order valence-corrected chi connectivity index (χ3v) is 4.53. The third-order valence-electron chi connectivity index (χ3n) is 4.53. The van der Waals surface area contributed by atoms with Gasteiger partial charge in [0.25, 0.3) is 0 Å². The van der Waals surface area contributed by atoms with Gasteiger partial charge in [0.1, 0.15) is 5.52 Å².